The second kappa shape index (κ2) is 12.1. The molecule has 1 fully saturated rings. The number of nitrogens with one attached hydrogen (secondary N) is 3. The highest BCUT2D eigenvalue weighted by Gasteiger charge is 2.25. The number of carbonyl (C=O) groups is 1. The van der Waals surface area contributed by atoms with Gasteiger partial charge in [0.1, 0.15) is 0 Å². The molecule has 7 nitrogen and oxygen atoms in total. The molecule has 1 aromatic rings. The lowest BCUT2D eigenvalue weighted by Gasteiger charge is -2.24. The Morgan fingerprint density at radius 3 is 2.61 bits per heavy atom. The van der Waals surface area contributed by atoms with Crippen LogP contribution in [0.4, 0.5) is 0 Å². The van der Waals surface area contributed by atoms with Crippen molar-refractivity contribution in [1.82, 2.24) is 10.6 Å². The standard InChI is InChI=1S/C24H34N4O3/c1-16(2)23(19-8-6-7-17(3)13-19)28-21(30-5)15-27-24(29)20(14-26-4)22(25)18-9-11-31-12-10-18/h6-8,13-14,18,25-26H,9-12,15H2,1-5H3,(H,27,29)/b20-14+,25-22?,28-21-. The van der Waals surface area contributed by atoms with Gasteiger partial charge in [-0.1, -0.05) is 23.8 Å². The largest absolute Gasteiger partial charge is 0.483 e. The maximum Gasteiger partial charge on any atom is 0.255 e. The highest BCUT2D eigenvalue weighted by atomic mass is 16.5. The zero-order valence-corrected chi connectivity index (χ0v) is 19.2. The molecule has 7 heteroatoms. The second-order valence-electron chi connectivity index (χ2n) is 7.76. The number of nitrogens with zero attached hydrogens (tertiary/aromatic N) is 1. The molecular weight excluding hydrogens is 392 g/mol. The van der Waals surface area contributed by atoms with Crippen molar-refractivity contribution in [2.75, 3.05) is 33.9 Å². The van der Waals surface area contributed by atoms with Gasteiger partial charge in [-0.2, -0.15) is 0 Å². The molecule has 3 N–H and O–H groups in total. The molecule has 0 unspecified atom stereocenters. The number of carbonyl (C=O) groups excluding carboxylic acids is 1. The number of methoxy groups -OCH3 is 1. The van der Waals surface area contributed by atoms with Gasteiger partial charge in [-0.05, 0) is 45.3 Å². The minimum absolute atomic E-state index is 0.0215. The molecule has 1 aliphatic heterocycles. The van der Waals surface area contributed by atoms with Crippen LogP contribution in [-0.2, 0) is 14.3 Å². The summed E-state index contributed by atoms with van der Waals surface area (Å²) in [6.45, 7) is 7.39. The first-order valence-electron chi connectivity index (χ1n) is 10.6. The number of ether oxygens (including phenoxy) is 2. The summed E-state index contributed by atoms with van der Waals surface area (Å²) < 4.78 is 10.8. The number of amides is 1. The van der Waals surface area contributed by atoms with E-state index < -0.39 is 0 Å². The highest BCUT2D eigenvalue weighted by Crippen LogP contribution is 2.22. The Morgan fingerprint density at radius 2 is 2.03 bits per heavy atom. The van der Waals surface area contributed by atoms with Gasteiger partial charge >= 0.3 is 0 Å². The monoisotopic (exact) mass is 426 g/mol. The van der Waals surface area contributed by atoms with Gasteiger partial charge in [-0.25, -0.2) is 4.99 Å². The summed E-state index contributed by atoms with van der Waals surface area (Å²) >= 11 is 0. The lowest BCUT2D eigenvalue weighted by Crippen LogP contribution is -2.36. The molecule has 1 amide bonds. The van der Waals surface area contributed by atoms with E-state index in [0.717, 1.165) is 35.2 Å². The van der Waals surface area contributed by atoms with E-state index in [1.807, 2.05) is 39.0 Å². The van der Waals surface area contributed by atoms with Crippen LogP contribution in [0.1, 0.15) is 37.8 Å². The fourth-order valence-electron chi connectivity index (χ4n) is 3.41. The smallest absolute Gasteiger partial charge is 0.255 e. The fraction of sp³-hybridized carbons (Fsp3) is 0.458. The molecule has 31 heavy (non-hydrogen) atoms. The minimum atomic E-state index is -0.329. The molecule has 0 aliphatic carbocycles. The third-order valence-electron chi connectivity index (χ3n) is 5.09. The van der Waals surface area contributed by atoms with Gasteiger partial charge < -0.3 is 25.5 Å². The molecule has 2 rings (SSSR count). The zero-order chi connectivity index (χ0) is 22.8. The van der Waals surface area contributed by atoms with Crippen molar-refractivity contribution in [3.05, 3.63) is 52.7 Å². The van der Waals surface area contributed by atoms with Crippen molar-refractivity contribution >= 4 is 23.2 Å². The molecule has 168 valence electrons. The Kier molecular flexibility index (Phi) is 9.46. The van der Waals surface area contributed by atoms with Crippen molar-refractivity contribution < 1.29 is 14.3 Å². The van der Waals surface area contributed by atoms with Crippen molar-refractivity contribution in [3.63, 3.8) is 0 Å². The number of allylic oxidation sites excluding steroid dienone is 1. The van der Waals surface area contributed by atoms with E-state index in [9.17, 15) is 4.79 Å². The van der Waals surface area contributed by atoms with Gasteiger partial charge in [0, 0.05) is 43.7 Å². The minimum Gasteiger partial charge on any atom is -0.483 e. The van der Waals surface area contributed by atoms with Crippen LogP contribution in [0.25, 0.3) is 5.70 Å². The average molecular weight is 427 g/mol. The fourth-order valence-corrected chi connectivity index (χ4v) is 3.41. The predicted molar refractivity (Wildman–Crippen MR) is 125 cm³/mol. The third kappa shape index (κ3) is 7.07. The number of rotatable bonds is 8. The van der Waals surface area contributed by atoms with Crippen LogP contribution in [0.15, 0.2) is 46.6 Å². The molecular formula is C24H34N4O3. The van der Waals surface area contributed by atoms with Gasteiger partial charge in [0.25, 0.3) is 5.91 Å². The normalized spacial score (nSPS) is 15.3. The van der Waals surface area contributed by atoms with Crippen LogP contribution in [-0.4, -0.2) is 51.4 Å². The van der Waals surface area contributed by atoms with Crippen LogP contribution in [0.3, 0.4) is 0 Å². The van der Waals surface area contributed by atoms with Crippen molar-refractivity contribution in [2.24, 2.45) is 10.9 Å². The summed E-state index contributed by atoms with van der Waals surface area (Å²) in [6, 6.07) is 8.11. The van der Waals surface area contributed by atoms with E-state index in [1.165, 1.54) is 7.11 Å². The van der Waals surface area contributed by atoms with Gasteiger partial charge in [-0.3, -0.25) is 4.79 Å². The van der Waals surface area contributed by atoms with E-state index in [0.29, 0.717) is 30.4 Å². The molecule has 0 saturated carbocycles. The Hall–Kier alpha value is -2.93. The summed E-state index contributed by atoms with van der Waals surface area (Å²) in [4.78, 5) is 17.5. The molecule has 1 aromatic carbocycles. The second-order valence-corrected chi connectivity index (χ2v) is 7.76. The Labute approximate surface area is 185 Å². The van der Waals surface area contributed by atoms with Crippen LogP contribution in [0.2, 0.25) is 0 Å². The molecule has 0 atom stereocenters. The van der Waals surface area contributed by atoms with E-state index in [-0.39, 0.29) is 18.4 Å². The Balaban J connectivity index is 2.15. The number of aryl methyl sites for hydroxylation is 1. The van der Waals surface area contributed by atoms with Crippen LogP contribution in [0, 0.1) is 18.3 Å². The Bertz CT molecular complexity index is 877. The van der Waals surface area contributed by atoms with Gasteiger partial charge in [0.2, 0.25) is 5.90 Å². The molecule has 0 aromatic heterocycles. The molecule has 0 spiro atoms. The number of benzene rings is 1. The molecule has 1 aliphatic rings. The lowest BCUT2D eigenvalue weighted by atomic mass is 9.90. The molecule has 1 saturated heterocycles. The van der Waals surface area contributed by atoms with Crippen molar-refractivity contribution in [3.8, 4) is 0 Å². The SMILES string of the molecule is CN/C=C(\C(=N)C1CCOCC1)C(=O)NC/C(=N/C(=C(C)C)c1cccc(C)c1)OC. The van der Waals surface area contributed by atoms with Gasteiger partial charge in [-0.15, -0.1) is 0 Å². The van der Waals surface area contributed by atoms with E-state index in [4.69, 9.17) is 14.9 Å². The predicted octanol–water partition coefficient (Wildman–Crippen LogP) is 3.46. The summed E-state index contributed by atoms with van der Waals surface area (Å²) in [6.07, 6.45) is 3.07. The molecule has 0 radical (unpaired) electrons. The van der Waals surface area contributed by atoms with Crippen molar-refractivity contribution in [2.45, 2.75) is 33.6 Å². The maximum atomic E-state index is 12.9. The quantitative estimate of drug-likeness (QED) is 0.337. The van der Waals surface area contributed by atoms with Crippen LogP contribution < -0.4 is 10.6 Å². The van der Waals surface area contributed by atoms with Gasteiger partial charge in [0.15, 0.2) is 0 Å². The first-order valence-corrected chi connectivity index (χ1v) is 10.6. The third-order valence-corrected chi connectivity index (χ3v) is 5.09. The van der Waals surface area contributed by atoms with E-state index in [1.54, 1.807) is 13.2 Å². The number of hydrogen-bond acceptors (Lipinski definition) is 6. The number of aliphatic imine (C=N–C) groups is 1. The highest BCUT2D eigenvalue weighted by molar-refractivity contribution is 6.21. The zero-order valence-electron chi connectivity index (χ0n) is 19.2. The van der Waals surface area contributed by atoms with Crippen LogP contribution in [0.5, 0.6) is 0 Å². The molecule has 0 bridgehead atoms. The maximum absolute atomic E-state index is 12.9. The van der Waals surface area contributed by atoms with Crippen LogP contribution >= 0.6 is 0 Å². The Morgan fingerprint density at radius 1 is 1.32 bits per heavy atom. The van der Waals surface area contributed by atoms with E-state index in [2.05, 4.69) is 21.7 Å². The number of hydrogen-bond donors (Lipinski definition) is 3. The first kappa shape index (κ1) is 24.3. The topological polar surface area (TPSA) is 95.8 Å². The summed E-state index contributed by atoms with van der Waals surface area (Å²) in [5, 5.41) is 14.2. The first-order chi connectivity index (χ1) is 14.9. The summed E-state index contributed by atoms with van der Waals surface area (Å²) in [5.74, 6) is 0.0885. The van der Waals surface area contributed by atoms with E-state index >= 15 is 0 Å². The lowest BCUT2D eigenvalue weighted by molar-refractivity contribution is -0.116. The summed E-state index contributed by atoms with van der Waals surface area (Å²) in [5.41, 5.74) is 4.66. The van der Waals surface area contributed by atoms with Crippen molar-refractivity contribution in [1.29, 1.82) is 5.41 Å². The molecule has 1 heterocycles. The van der Waals surface area contributed by atoms with Gasteiger partial charge in [0.05, 0.1) is 24.9 Å². The summed E-state index contributed by atoms with van der Waals surface area (Å²) in [7, 11) is 3.26. The average Bonchev–Trinajstić information content (AvgIpc) is 2.77.